The zero-order valence-corrected chi connectivity index (χ0v) is 16.6. The van der Waals surface area contributed by atoms with Crippen LogP contribution in [0.1, 0.15) is 54.4 Å². The molecule has 1 saturated heterocycles. The molecule has 0 aliphatic carbocycles. The highest BCUT2D eigenvalue weighted by Crippen LogP contribution is 2.22. The molecule has 2 atom stereocenters. The number of hydrogen-bond acceptors (Lipinski definition) is 4. The van der Waals surface area contributed by atoms with Gasteiger partial charge >= 0.3 is 0 Å². The van der Waals surface area contributed by atoms with Gasteiger partial charge in [-0.3, -0.25) is 9.69 Å². The maximum absolute atomic E-state index is 12.4. The largest absolute Gasteiger partial charge is 0.348 e. The van der Waals surface area contributed by atoms with Crippen molar-refractivity contribution in [3.8, 4) is 0 Å². The molecule has 2 aromatic rings. The second kappa shape index (κ2) is 9.09. The number of rotatable bonds is 6. The van der Waals surface area contributed by atoms with Gasteiger partial charge in [-0.05, 0) is 35.8 Å². The summed E-state index contributed by atoms with van der Waals surface area (Å²) in [6, 6.07) is 8.56. The fourth-order valence-corrected chi connectivity index (χ4v) is 4.05. The summed E-state index contributed by atoms with van der Waals surface area (Å²) in [4.78, 5) is 23.1. The summed E-state index contributed by atoms with van der Waals surface area (Å²) >= 11 is 0. The summed E-state index contributed by atoms with van der Waals surface area (Å²) in [6.45, 7) is 10.5. The van der Waals surface area contributed by atoms with E-state index in [0.29, 0.717) is 18.5 Å². The van der Waals surface area contributed by atoms with Crippen LogP contribution in [-0.2, 0) is 19.5 Å². The lowest BCUT2D eigenvalue weighted by Gasteiger charge is -2.35. The third kappa shape index (κ3) is 5.36. The first-order valence-electron chi connectivity index (χ1n) is 9.92. The van der Waals surface area contributed by atoms with Crippen molar-refractivity contribution in [3.63, 3.8) is 0 Å². The van der Waals surface area contributed by atoms with Crippen molar-refractivity contribution in [1.29, 1.82) is 0 Å². The van der Waals surface area contributed by atoms with Crippen LogP contribution in [0.2, 0.25) is 0 Å². The highest BCUT2D eigenvalue weighted by molar-refractivity contribution is 5.94. The Kier molecular flexibility index (Phi) is 6.56. The highest BCUT2D eigenvalue weighted by atomic mass is 16.1. The van der Waals surface area contributed by atoms with Gasteiger partial charge in [0.25, 0.3) is 5.91 Å². The normalized spacial score (nSPS) is 20.4. The van der Waals surface area contributed by atoms with Crippen LogP contribution in [0.15, 0.2) is 36.8 Å². The van der Waals surface area contributed by atoms with Crippen LogP contribution in [0.3, 0.4) is 0 Å². The number of carbonyl (C=O) groups excluding carboxylic acids is 1. The molecule has 1 aliphatic heterocycles. The molecular formula is C22H30N4O. The molecule has 1 N–H and O–H groups in total. The molecule has 2 unspecified atom stereocenters. The van der Waals surface area contributed by atoms with E-state index in [-0.39, 0.29) is 5.91 Å². The number of nitrogens with one attached hydrogen (secondary N) is 1. The van der Waals surface area contributed by atoms with Gasteiger partial charge < -0.3 is 5.32 Å². The summed E-state index contributed by atoms with van der Waals surface area (Å²) in [5.74, 6) is 1.43. The van der Waals surface area contributed by atoms with Crippen molar-refractivity contribution in [2.75, 3.05) is 13.1 Å². The van der Waals surface area contributed by atoms with Crippen LogP contribution < -0.4 is 5.32 Å². The maximum atomic E-state index is 12.4. The molecule has 5 nitrogen and oxygen atoms in total. The number of benzene rings is 1. The lowest BCUT2D eigenvalue weighted by Crippen LogP contribution is -2.38. The molecule has 2 heterocycles. The monoisotopic (exact) mass is 366 g/mol. The van der Waals surface area contributed by atoms with E-state index in [1.807, 2.05) is 6.92 Å². The summed E-state index contributed by atoms with van der Waals surface area (Å²) in [5.41, 5.74) is 3.77. The zero-order chi connectivity index (χ0) is 19.2. The van der Waals surface area contributed by atoms with Gasteiger partial charge in [0.1, 0.15) is 6.33 Å². The average molecular weight is 367 g/mol. The fraction of sp³-hybridized carbons (Fsp3) is 0.500. The molecule has 0 spiro atoms. The number of nitrogens with zero attached hydrogens (tertiary/aromatic N) is 3. The van der Waals surface area contributed by atoms with E-state index in [0.717, 1.165) is 29.6 Å². The van der Waals surface area contributed by atoms with Gasteiger partial charge in [0.05, 0.1) is 11.3 Å². The van der Waals surface area contributed by atoms with E-state index in [2.05, 4.69) is 58.3 Å². The van der Waals surface area contributed by atoms with Crippen LogP contribution in [-0.4, -0.2) is 33.9 Å². The van der Waals surface area contributed by atoms with Gasteiger partial charge in [-0.15, -0.1) is 0 Å². The minimum absolute atomic E-state index is 0.118. The Labute approximate surface area is 162 Å². The zero-order valence-electron chi connectivity index (χ0n) is 16.6. The first kappa shape index (κ1) is 19.5. The van der Waals surface area contributed by atoms with E-state index in [1.165, 1.54) is 31.4 Å². The Morgan fingerprint density at radius 2 is 1.81 bits per heavy atom. The summed E-state index contributed by atoms with van der Waals surface area (Å²) in [5, 5.41) is 2.97. The smallest absolute Gasteiger partial charge is 0.254 e. The van der Waals surface area contributed by atoms with Crippen molar-refractivity contribution < 1.29 is 4.79 Å². The van der Waals surface area contributed by atoms with Gasteiger partial charge in [-0.25, -0.2) is 9.97 Å². The summed E-state index contributed by atoms with van der Waals surface area (Å²) in [6.07, 6.45) is 5.12. The molecule has 1 amide bonds. The van der Waals surface area contributed by atoms with E-state index >= 15 is 0 Å². The van der Waals surface area contributed by atoms with Crippen LogP contribution in [0.25, 0.3) is 0 Å². The fourth-order valence-electron chi connectivity index (χ4n) is 4.05. The second-order valence-corrected chi connectivity index (χ2v) is 7.88. The molecule has 144 valence electrons. The molecule has 1 aromatic carbocycles. The first-order chi connectivity index (χ1) is 13.0. The Hall–Kier alpha value is -2.27. The van der Waals surface area contributed by atoms with Gasteiger partial charge in [0.2, 0.25) is 0 Å². The Balaban J connectivity index is 1.54. The third-order valence-electron chi connectivity index (χ3n) is 5.20. The van der Waals surface area contributed by atoms with Crippen LogP contribution in [0.4, 0.5) is 0 Å². The summed E-state index contributed by atoms with van der Waals surface area (Å²) in [7, 11) is 0. The van der Waals surface area contributed by atoms with Crippen LogP contribution in [0, 0.1) is 11.8 Å². The number of aromatic nitrogens is 2. The molecule has 3 rings (SSSR count). The Morgan fingerprint density at radius 3 is 2.48 bits per heavy atom. The molecule has 0 bridgehead atoms. The predicted octanol–water partition coefficient (Wildman–Crippen LogP) is 3.45. The first-order valence-corrected chi connectivity index (χ1v) is 9.92. The maximum Gasteiger partial charge on any atom is 0.254 e. The SMILES string of the molecule is CCc1ncncc1C(=O)NCc1ccc(CN2CC(C)CC(C)C2)cc1. The second-order valence-electron chi connectivity index (χ2n) is 7.88. The van der Waals surface area contributed by atoms with Gasteiger partial charge in [0.15, 0.2) is 0 Å². The van der Waals surface area contributed by atoms with Crippen LogP contribution in [0.5, 0.6) is 0 Å². The van der Waals surface area contributed by atoms with E-state index in [9.17, 15) is 4.79 Å². The molecule has 1 aliphatic rings. The molecule has 1 aromatic heterocycles. The number of piperidine rings is 1. The lowest BCUT2D eigenvalue weighted by atomic mass is 9.91. The molecule has 0 radical (unpaired) electrons. The topological polar surface area (TPSA) is 58.1 Å². The summed E-state index contributed by atoms with van der Waals surface area (Å²) < 4.78 is 0. The number of amides is 1. The van der Waals surface area contributed by atoms with Crippen molar-refractivity contribution in [2.45, 2.75) is 46.7 Å². The van der Waals surface area contributed by atoms with E-state index in [1.54, 1.807) is 6.20 Å². The lowest BCUT2D eigenvalue weighted by molar-refractivity contribution is 0.0949. The molecule has 5 heteroatoms. The quantitative estimate of drug-likeness (QED) is 0.851. The Bertz CT molecular complexity index is 749. The number of hydrogen-bond donors (Lipinski definition) is 1. The average Bonchev–Trinajstić information content (AvgIpc) is 2.66. The van der Waals surface area contributed by atoms with Gasteiger partial charge in [-0.1, -0.05) is 45.0 Å². The van der Waals surface area contributed by atoms with Crippen molar-refractivity contribution in [2.24, 2.45) is 11.8 Å². The Morgan fingerprint density at radius 1 is 1.15 bits per heavy atom. The molecule has 0 saturated carbocycles. The van der Waals surface area contributed by atoms with E-state index < -0.39 is 0 Å². The number of aryl methyl sites for hydroxylation is 1. The minimum Gasteiger partial charge on any atom is -0.348 e. The standard InChI is InChI=1S/C22H30N4O/c1-4-21-20(11-23-15-25-21)22(27)24-10-18-5-7-19(8-6-18)14-26-12-16(2)9-17(3)13-26/h5-8,11,15-17H,4,9-10,12-14H2,1-3H3,(H,24,27). The van der Waals surface area contributed by atoms with Gasteiger partial charge in [0, 0.05) is 32.4 Å². The highest BCUT2D eigenvalue weighted by Gasteiger charge is 2.21. The van der Waals surface area contributed by atoms with Crippen molar-refractivity contribution in [3.05, 3.63) is 59.2 Å². The van der Waals surface area contributed by atoms with E-state index in [4.69, 9.17) is 0 Å². The molecular weight excluding hydrogens is 336 g/mol. The molecule has 27 heavy (non-hydrogen) atoms. The number of likely N-dealkylation sites (tertiary alicyclic amines) is 1. The predicted molar refractivity (Wildman–Crippen MR) is 107 cm³/mol. The van der Waals surface area contributed by atoms with Crippen molar-refractivity contribution in [1.82, 2.24) is 20.2 Å². The molecule has 1 fully saturated rings. The van der Waals surface area contributed by atoms with Crippen LogP contribution >= 0.6 is 0 Å². The number of carbonyl (C=O) groups is 1. The van der Waals surface area contributed by atoms with Crippen molar-refractivity contribution >= 4 is 5.91 Å². The van der Waals surface area contributed by atoms with Gasteiger partial charge in [-0.2, -0.15) is 0 Å². The third-order valence-corrected chi connectivity index (χ3v) is 5.20. The minimum atomic E-state index is -0.118.